The maximum atomic E-state index is 13.3. The van der Waals surface area contributed by atoms with Crippen LogP contribution in [-0.2, 0) is 9.59 Å². The van der Waals surface area contributed by atoms with Crippen molar-refractivity contribution in [2.45, 2.75) is 37.6 Å². The lowest BCUT2D eigenvalue weighted by atomic mass is 10.0. The first-order valence-corrected chi connectivity index (χ1v) is 13.1. The Labute approximate surface area is 202 Å². The molecule has 2 aliphatic heterocycles. The molecule has 2 amide bonds. The van der Waals surface area contributed by atoms with Crippen LogP contribution in [0.25, 0.3) is 21.3 Å². The standard InChI is InChI=1S/C27H26N4O2S/c32-25(20-5-6-20)30-12-9-17(14-30)15-31-24(29-27(10-11-27)26(31)33)19-3-1-18(2-4-19)21-7-8-23-22(13-21)28-16-34-23/h1-4,7-8,13,16-17,20H,5-6,9-12,14-15H2/t17-/m1/s1. The predicted molar refractivity (Wildman–Crippen MR) is 133 cm³/mol. The fourth-order valence-corrected chi connectivity index (χ4v) is 6.03. The van der Waals surface area contributed by atoms with Crippen LogP contribution in [0.1, 0.15) is 37.7 Å². The highest BCUT2D eigenvalue weighted by molar-refractivity contribution is 7.16. The minimum absolute atomic E-state index is 0.146. The summed E-state index contributed by atoms with van der Waals surface area (Å²) in [5.41, 5.74) is 5.62. The highest BCUT2D eigenvalue weighted by Crippen LogP contribution is 2.46. The fraction of sp³-hybridized carbons (Fsp3) is 0.407. The van der Waals surface area contributed by atoms with Gasteiger partial charge in [-0.1, -0.05) is 30.3 Å². The number of amides is 2. The second-order valence-corrected chi connectivity index (χ2v) is 11.1. The van der Waals surface area contributed by atoms with E-state index in [4.69, 9.17) is 4.99 Å². The minimum atomic E-state index is -0.522. The summed E-state index contributed by atoms with van der Waals surface area (Å²) in [5.74, 6) is 1.83. The maximum absolute atomic E-state index is 13.3. The molecule has 7 rings (SSSR count). The van der Waals surface area contributed by atoms with E-state index in [9.17, 15) is 9.59 Å². The molecule has 4 aliphatic rings. The summed E-state index contributed by atoms with van der Waals surface area (Å²) in [6.45, 7) is 2.23. The van der Waals surface area contributed by atoms with Gasteiger partial charge in [0.15, 0.2) is 0 Å². The van der Waals surface area contributed by atoms with Crippen molar-refractivity contribution >= 4 is 39.2 Å². The first kappa shape index (κ1) is 20.3. The number of aromatic nitrogens is 1. The van der Waals surface area contributed by atoms with E-state index in [1.54, 1.807) is 11.3 Å². The lowest BCUT2D eigenvalue weighted by Crippen LogP contribution is -2.40. The summed E-state index contributed by atoms with van der Waals surface area (Å²) in [5, 5.41) is 0. The molecule has 1 spiro atoms. The molecule has 0 radical (unpaired) electrons. The highest BCUT2D eigenvalue weighted by atomic mass is 32.1. The number of carbonyl (C=O) groups excluding carboxylic acids is 2. The zero-order valence-electron chi connectivity index (χ0n) is 18.9. The molecule has 0 bridgehead atoms. The largest absolute Gasteiger partial charge is 0.342 e. The Morgan fingerprint density at radius 2 is 1.79 bits per heavy atom. The molecule has 3 fully saturated rings. The van der Waals surface area contributed by atoms with E-state index in [1.165, 1.54) is 4.70 Å². The first-order valence-electron chi connectivity index (χ1n) is 12.2. The van der Waals surface area contributed by atoms with Crippen LogP contribution in [0.5, 0.6) is 0 Å². The fourth-order valence-electron chi connectivity index (χ4n) is 5.37. The number of hydrogen-bond donors (Lipinski definition) is 0. The molecule has 0 unspecified atom stereocenters. The lowest BCUT2D eigenvalue weighted by molar-refractivity contribution is -0.131. The van der Waals surface area contributed by atoms with Crippen molar-refractivity contribution in [1.29, 1.82) is 0 Å². The molecule has 34 heavy (non-hydrogen) atoms. The van der Waals surface area contributed by atoms with Gasteiger partial charge in [-0.3, -0.25) is 19.5 Å². The van der Waals surface area contributed by atoms with E-state index in [2.05, 4.69) is 47.4 Å². The Bertz CT molecular complexity index is 1340. The second kappa shape index (κ2) is 7.47. The SMILES string of the molecule is O=C(C1CC1)N1CC[C@@H](CN2C(=O)C3(CC3)N=C2c2ccc(-c3ccc4scnc4c3)cc2)C1. The van der Waals surface area contributed by atoms with Crippen LogP contribution in [0.3, 0.4) is 0 Å². The second-order valence-electron chi connectivity index (χ2n) is 10.2. The van der Waals surface area contributed by atoms with Gasteiger partial charge in [0.05, 0.1) is 15.7 Å². The normalized spacial score (nSPS) is 23.2. The van der Waals surface area contributed by atoms with Crippen molar-refractivity contribution in [2.24, 2.45) is 16.8 Å². The third-order valence-corrected chi connectivity index (χ3v) is 8.52. The number of fused-ring (bicyclic) bond motifs is 1. The monoisotopic (exact) mass is 470 g/mol. The summed E-state index contributed by atoms with van der Waals surface area (Å²) < 4.78 is 1.19. The molecule has 2 saturated carbocycles. The summed E-state index contributed by atoms with van der Waals surface area (Å²) in [6.07, 6.45) is 4.72. The summed E-state index contributed by atoms with van der Waals surface area (Å²) in [4.78, 5) is 39.1. The van der Waals surface area contributed by atoms with Gasteiger partial charge in [0.25, 0.3) is 5.91 Å². The Balaban J connectivity index is 1.12. The zero-order chi connectivity index (χ0) is 22.9. The molecule has 3 aromatic rings. The molecule has 0 N–H and O–H groups in total. The summed E-state index contributed by atoms with van der Waals surface area (Å²) in [6, 6.07) is 14.8. The van der Waals surface area contributed by atoms with Crippen LogP contribution in [0.2, 0.25) is 0 Å². The Hall–Kier alpha value is -3.06. The van der Waals surface area contributed by atoms with Gasteiger partial charge < -0.3 is 4.90 Å². The number of benzene rings is 2. The van der Waals surface area contributed by atoms with Gasteiger partial charge in [0.2, 0.25) is 5.91 Å². The molecular formula is C27H26N4O2S. The molecule has 172 valence electrons. The van der Waals surface area contributed by atoms with Crippen LogP contribution < -0.4 is 0 Å². The molecule has 7 heteroatoms. The molecular weight excluding hydrogens is 444 g/mol. The minimum Gasteiger partial charge on any atom is -0.342 e. The average Bonchev–Trinajstić information content (AvgIpc) is 3.74. The maximum Gasteiger partial charge on any atom is 0.256 e. The molecule has 3 heterocycles. The summed E-state index contributed by atoms with van der Waals surface area (Å²) >= 11 is 1.65. The topological polar surface area (TPSA) is 65.9 Å². The molecule has 2 aliphatic carbocycles. The molecule has 1 atom stereocenters. The van der Waals surface area contributed by atoms with E-state index in [-0.39, 0.29) is 11.8 Å². The van der Waals surface area contributed by atoms with E-state index >= 15 is 0 Å². The third-order valence-electron chi connectivity index (χ3n) is 7.71. The molecule has 2 aromatic carbocycles. The van der Waals surface area contributed by atoms with Crippen molar-refractivity contribution in [2.75, 3.05) is 19.6 Å². The van der Waals surface area contributed by atoms with E-state index < -0.39 is 5.54 Å². The molecule has 1 aromatic heterocycles. The van der Waals surface area contributed by atoms with Crippen molar-refractivity contribution in [3.8, 4) is 11.1 Å². The quantitative estimate of drug-likeness (QED) is 0.557. The van der Waals surface area contributed by atoms with Gasteiger partial charge in [0, 0.05) is 31.1 Å². The Kier molecular flexibility index (Phi) is 4.47. The predicted octanol–water partition coefficient (Wildman–Crippen LogP) is 4.34. The van der Waals surface area contributed by atoms with Crippen molar-refractivity contribution < 1.29 is 9.59 Å². The number of nitrogens with zero attached hydrogens (tertiary/aromatic N) is 4. The van der Waals surface area contributed by atoms with Gasteiger partial charge in [-0.05, 0) is 61.3 Å². The van der Waals surface area contributed by atoms with Gasteiger partial charge in [-0.15, -0.1) is 11.3 Å². The van der Waals surface area contributed by atoms with Crippen molar-refractivity contribution in [3.05, 3.63) is 53.5 Å². The van der Waals surface area contributed by atoms with E-state index in [0.717, 1.165) is 73.2 Å². The van der Waals surface area contributed by atoms with Gasteiger partial charge in [-0.2, -0.15) is 0 Å². The van der Waals surface area contributed by atoms with Crippen LogP contribution in [0.15, 0.2) is 53.0 Å². The van der Waals surface area contributed by atoms with E-state index in [1.807, 2.05) is 15.3 Å². The summed E-state index contributed by atoms with van der Waals surface area (Å²) in [7, 11) is 0. The van der Waals surface area contributed by atoms with E-state index in [0.29, 0.717) is 18.4 Å². The van der Waals surface area contributed by atoms with Gasteiger partial charge >= 0.3 is 0 Å². The van der Waals surface area contributed by atoms with Crippen LogP contribution in [-0.4, -0.2) is 57.6 Å². The molecule has 1 saturated heterocycles. The number of carbonyl (C=O) groups is 2. The number of amidine groups is 1. The zero-order valence-corrected chi connectivity index (χ0v) is 19.8. The third kappa shape index (κ3) is 3.36. The van der Waals surface area contributed by atoms with Gasteiger partial charge in [-0.25, -0.2) is 4.98 Å². The molecule has 6 nitrogen and oxygen atoms in total. The lowest BCUT2D eigenvalue weighted by Gasteiger charge is -2.23. The Morgan fingerprint density at radius 1 is 1.03 bits per heavy atom. The highest BCUT2D eigenvalue weighted by Gasteiger charge is 2.57. The first-order chi connectivity index (χ1) is 16.6. The van der Waals surface area contributed by atoms with Crippen LogP contribution in [0, 0.1) is 11.8 Å². The number of rotatable bonds is 5. The van der Waals surface area contributed by atoms with Gasteiger partial charge in [0.1, 0.15) is 11.4 Å². The van der Waals surface area contributed by atoms with Crippen molar-refractivity contribution in [1.82, 2.24) is 14.8 Å². The number of likely N-dealkylation sites (tertiary alicyclic amines) is 1. The smallest absolute Gasteiger partial charge is 0.256 e. The average molecular weight is 471 g/mol. The number of hydrogen-bond acceptors (Lipinski definition) is 5. The van der Waals surface area contributed by atoms with Crippen molar-refractivity contribution in [3.63, 3.8) is 0 Å². The Morgan fingerprint density at radius 3 is 2.56 bits per heavy atom. The number of thiazole rings is 1. The van der Waals surface area contributed by atoms with Crippen LogP contribution in [0.4, 0.5) is 0 Å². The number of aliphatic imine (C=N–C) groups is 1. The van der Waals surface area contributed by atoms with Crippen LogP contribution >= 0.6 is 11.3 Å².